The van der Waals surface area contributed by atoms with E-state index in [9.17, 15) is 15.0 Å². The molecule has 1 rings (SSSR count). The van der Waals surface area contributed by atoms with E-state index in [0.717, 1.165) is 5.76 Å². The largest absolute Gasteiger partial charge is 0.469 e. The molecule has 18 heavy (non-hydrogen) atoms. The topological polar surface area (TPSA) is 79.9 Å². The SMILES string of the molecule is CC(=O)OCC(O)CC(O)/C=C/Cc1ccco1. The Bertz CT molecular complexity index is 369. The second kappa shape index (κ2) is 7.68. The van der Waals surface area contributed by atoms with Gasteiger partial charge in [0.05, 0.1) is 18.5 Å². The molecule has 0 aliphatic heterocycles. The molecule has 0 saturated carbocycles. The zero-order valence-corrected chi connectivity index (χ0v) is 10.3. The van der Waals surface area contributed by atoms with Gasteiger partial charge in [0.1, 0.15) is 12.4 Å². The van der Waals surface area contributed by atoms with Crippen LogP contribution >= 0.6 is 0 Å². The summed E-state index contributed by atoms with van der Waals surface area (Å²) < 4.78 is 9.75. The van der Waals surface area contributed by atoms with Crippen LogP contribution in [0.4, 0.5) is 0 Å². The zero-order valence-electron chi connectivity index (χ0n) is 10.3. The number of aliphatic hydroxyl groups is 2. The highest BCUT2D eigenvalue weighted by atomic mass is 16.5. The van der Waals surface area contributed by atoms with Crippen LogP contribution in [0.15, 0.2) is 35.0 Å². The summed E-state index contributed by atoms with van der Waals surface area (Å²) in [5.41, 5.74) is 0. The van der Waals surface area contributed by atoms with Crippen molar-refractivity contribution in [3.63, 3.8) is 0 Å². The first-order chi connectivity index (χ1) is 8.58. The molecule has 1 heterocycles. The fourth-order valence-electron chi connectivity index (χ4n) is 1.41. The highest BCUT2D eigenvalue weighted by molar-refractivity contribution is 5.65. The molecular weight excluding hydrogens is 236 g/mol. The van der Waals surface area contributed by atoms with E-state index in [0.29, 0.717) is 6.42 Å². The Morgan fingerprint density at radius 3 is 2.94 bits per heavy atom. The van der Waals surface area contributed by atoms with Crippen LogP contribution in [-0.2, 0) is 16.0 Å². The fourth-order valence-corrected chi connectivity index (χ4v) is 1.41. The van der Waals surface area contributed by atoms with E-state index < -0.39 is 18.2 Å². The van der Waals surface area contributed by atoms with E-state index >= 15 is 0 Å². The number of furan rings is 1. The average Bonchev–Trinajstić information content (AvgIpc) is 2.79. The molecule has 2 atom stereocenters. The summed E-state index contributed by atoms with van der Waals surface area (Å²) in [5, 5.41) is 19.1. The number of ether oxygens (including phenoxy) is 1. The van der Waals surface area contributed by atoms with E-state index in [1.165, 1.54) is 6.92 Å². The summed E-state index contributed by atoms with van der Waals surface area (Å²) in [4.78, 5) is 10.5. The fraction of sp³-hybridized carbons (Fsp3) is 0.462. The minimum Gasteiger partial charge on any atom is -0.469 e. The summed E-state index contributed by atoms with van der Waals surface area (Å²) >= 11 is 0. The van der Waals surface area contributed by atoms with Crippen LogP contribution in [0.1, 0.15) is 19.1 Å². The average molecular weight is 254 g/mol. The lowest BCUT2D eigenvalue weighted by molar-refractivity contribution is -0.144. The molecule has 2 N–H and O–H groups in total. The van der Waals surface area contributed by atoms with Gasteiger partial charge in [-0.25, -0.2) is 0 Å². The summed E-state index contributed by atoms with van der Waals surface area (Å²) in [6.45, 7) is 1.17. The Balaban J connectivity index is 2.21. The van der Waals surface area contributed by atoms with E-state index in [-0.39, 0.29) is 13.0 Å². The van der Waals surface area contributed by atoms with Gasteiger partial charge in [0.25, 0.3) is 0 Å². The molecule has 0 spiro atoms. The second-order valence-electron chi connectivity index (χ2n) is 3.97. The molecule has 0 bridgehead atoms. The van der Waals surface area contributed by atoms with Crippen molar-refractivity contribution in [2.45, 2.75) is 32.0 Å². The number of esters is 1. The van der Waals surface area contributed by atoms with Gasteiger partial charge in [-0.2, -0.15) is 0 Å². The number of hydrogen-bond acceptors (Lipinski definition) is 5. The number of allylic oxidation sites excluding steroid dienone is 1. The molecule has 0 aliphatic carbocycles. The van der Waals surface area contributed by atoms with Gasteiger partial charge in [-0.3, -0.25) is 4.79 Å². The van der Waals surface area contributed by atoms with Gasteiger partial charge in [0.15, 0.2) is 0 Å². The molecule has 0 radical (unpaired) electrons. The summed E-state index contributed by atoms with van der Waals surface area (Å²) in [5.74, 6) is 0.357. The number of aliphatic hydroxyl groups excluding tert-OH is 2. The van der Waals surface area contributed by atoms with Crippen LogP contribution in [-0.4, -0.2) is 35.0 Å². The van der Waals surface area contributed by atoms with Crippen molar-refractivity contribution in [1.29, 1.82) is 0 Å². The maximum atomic E-state index is 10.5. The van der Waals surface area contributed by atoms with Gasteiger partial charge in [-0.05, 0) is 12.1 Å². The third-order valence-corrected chi connectivity index (χ3v) is 2.25. The summed E-state index contributed by atoms with van der Waals surface area (Å²) in [6.07, 6.45) is 4.01. The lowest BCUT2D eigenvalue weighted by Gasteiger charge is -2.12. The van der Waals surface area contributed by atoms with Crippen LogP contribution in [0.3, 0.4) is 0 Å². The third-order valence-electron chi connectivity index (χ3n) is 2.25. The van der Waals surface area contributed by atoms with Gasteiger partial charge in [0, 0.05) is 19.8 Å². The van der Waals surface area contributed by atoms with Crippen molar-refractivity contribution >= 4 is 5.97 Å². The van der Waals surface area contributed by atoms with Gasteiger partial charge < -0.3 is 19.4 Å². The third kappa shape index (κ3) is 6.22. The Hall–Kier alpha value is -1.59. The van der Waals surface area contributed by atoms with Crippen molar-refractivity contribution in [1.82, 2.24) is 0 Å². The van der Waals surface area contributed by atoms with Crippen LogP contribution in [0.2, 0.25) is 0 Å². The molecule has 100 valence electrons. The number of hydrogen-bond donors (Lipinski definition) is 2. The molecule has 5 nitrogen and oxygen atoms in total. The van der Waals surface area contributed by atoms with Crippen molar-refractivity contribution in [2.24, 2.45) is 0 Å². The smallest absolute Gasteiger partial charge is 0.302 e. The molecule has 1 aromatic rings. The van der Waals surface area contributed by atoms with Crippen molar-refractivity contribution in [3.8, 4) is 0 Å². The highest BCUT2D eigenvalue weighted by Crippen LogP contribution is 2.04. The predicted molar refractivity (Wildman–Crippen MR) is 64.8 cm³/mol. The normalized spacial score (nSPS) is 14.6. The predicted octanol–water partition coefficient (Wildman–Crippen LogP) is 1.05. The van der Waals surface area contributed by atoms with Crippen LogP contribution in [0.25, 0.3) is 0 Å². The Labute approximate surface area is 106 Å². The first-order valence-corrected chi connectivity index (χ1v) is 5.76. The van der Waals surface area contributed by atoms with Crippen molar-refractivity contribution < 1.29 is 24.2 Å². The number of rotatable bonds is 7. The van der Waals surface area contributed by atoms with E-state index in [2.05, 4.69) is 4.74 Å². The lowest BCUT2D eigenvalue weighted by Crippen LogP contribution is -2.22. The molecule has 0 amide bonds. The van der Waals surface area contributed by atoms with Crippen molar-refractivity contribution in [3.05, 3.63) is 36.3 Å². The van der Waals surface area contributed by atoms with Gasteiger partial charge in [-0.1, -0.05) is 12.2 Å². The summed E-state index contributed by atoms with van der Waals surface area (Å²) in [6, 6.07) is 3.63. The van der Waals surface area contributed by atoms with E-state index in [1.807, 2.05) is 6.07 Å². The standard InChI is InChI=1S/C13H18O5/c1-10(14)18-9-12(16)8-11(15)4-2-5-13-6-3-7-17-13/h2-4,6-7,11-12,15-16H,5,8-9H2,1H3/b4-2+. The molecule has 0 aliphatic rings. The first-order valence-electron chi connectivity index (χ1n) is 5.76. The number of carbonyl (C=O) groups excluding carboxylic acids is 1. The molecule has 0 aromatic carbocycles. The lowest BCUT2D eigenvalue weighted by atomic mass is 10.1. The molecule has 1 aromatic heterocycles. The maximum Gasteiger partial charge on any atom is 0.302 e. The van der Waals surface area contributed by atoms with Crippen LogP contribution in [0, 0.1) is 0 Å². The first kappa shape index (κ1) is 14.5. The minimum absolute atomic E-state index is 0.0988. The second-order valence-corrected chi connectivity index (χ2v) is 3.97. The Morgan fingerprint density at radius 2 is 2.33 bits per heavy atom. The molecular formula is C13H18O5. The van der Waals surface area contributed by atoms with E-state index in [4.69, 9.17) is 4.42 Å². The minimum atomic E-state index is -0.864. The number of carbonyl (C=O) groups is 1. The van der Waals surface area contributed by atoms with Crippen LogP contribution in [0.5, 0.6) is 0 Å². The summed E-state index contributed by atoms with van der Waals surface area (Å²) in [7, 11) is 0. The van der Waals surface area contributed by atoms with E-state index in [1.54, 1.807) is 24.5 Å². The molecule has 0 saturated heterocycles. The highest BCUT2D eigenvalue weighted by Gasteiger charge is 2.10. The van der Waals surface area contributed by atoms with Gasteiger partial charge in [-0.15, -0.1) is 0 Å². The van der Waals surface area contributed by atoms with Gasteiger partial charge in [0.2, 0.25) is 0 Å². The molecule has 5 heteroatoms. The zero-order chi connectivity index (χ0) is 13.4. The van der Waals surface area contributed by atoms with Crippen molar-refractivity contribution in [2.75, 3.05) is 6.61 Å². The molecule has 2 unspecified atom stereocenters. The quantitative estimate of drug-likeness (QED) is 0.561. The molecule has 0 fully saturated rings. The van der Waals surface area contributed by atoms with Crippen LogP contribution < -0.4 is 0 Å². The Morgan fingerprint density at radius 1 is 1.56 bits per heavy atom. The van der Waals surface area contributed by atoms with Gasteiger partial charge >= 0.3 is 5.97 Å². The maximum absolute atomic E-state index is 10.5. The Kier molecular flexibility index (Phi) is 6.18. The monoisotopic (exact) mass is 254 g/mol.